The maximum absolute atomic E-state index is 13.9. The first-order valence-electron chi connectivity index (χ1n) is 9.98. The van der Waals surface area contributed by atoms with Crippen molar-refractivity contribution >= 4 is 30.3 Å². The van der Waals surface area contributed by atoms with Gasteiger partial charge in [0.25, 0.3) is 0 Å². The SMILES string of the molecule is O=S(=O)(N(S(Cc1ccccc1)(Cc1ccccc1)c1ccccc1)S(=O)(=O)C(F)(F)F)C(F)(F)F. The fourth-order valence-electron chi connectivity index (χ4n) is 3.46. The molecule has 0 N–H and O–H groups in total. The Labute approximate surface area is 205 Å². The Balaban J connectivity index is 2.52. The van der Waals surface area contributed by atoms with Gasteiger partial charge in [0.1, 0.15) is 0 Å². The Hall–Kier alpha value is -2.55. The summed E-state index contributed by atoms with van der Waals surface area (Å²) in [4.78, 5) is -0.293. The lowest BCUT2D eigenvalue weighted by Gasteiger charge is -2.47. The Morgan fingerprint density at radius 2 is 0.833 bits per heavy atom. The summed E-state index contributed by atoms with van der Waals surface area (Å²) in [6, 6.07) is 20.6. The normalized spacial score (nSPS) is 14.1. The predicted octanol–water partition coefficient (Wildman–Crippen LogP) is 6.17. The van der Waals surface area contributed by atoms with E-state index >= 15 is 0 Å². The van der Waals surface area contributed by atoms with Crippen LogP contribution in [0.4, 0.5) is 26.3 Å². The zero-order valence-electron chi connectivity index (χ0n) is 18.1. The van der Waals surface area contributed by atoms with E-state index in [9.17, 15) is 43.2 Å². The van der Waals surface area contributed by atoms with Gasteiger partial charge in [0, 0.05) is 16.4 Å². The summed E-state index contributed by atoms with van der Waals surface area (Å²) in [5, 5.41) is 0. The molecule has 36 heavy (non-hydrogen) atoms. The first-order valence-corrected chi connectivity index (χ1v) is 14.8. The number of alkyl halides is 6. The molecule has 0 saturated heterocycles. The van der Waals surface area contributed by atoms with Crippen molar-refractivity contribution in [2.24, 2.45) is 0 Å². The molecule has 0 bridgehead atoms. The third-order valence-electron chi connectivity index (χ3n) is 4.94. The van der Waals surface area contributed by atoms with Crippen molar-refractivity contribution in [3.63, 3.8) is 0 Å². The monoisotopic (exact) mass is 571 g/mol. The summed E-state index contributed by atoms with van der Waals surface area (Å²) in [7, 11) is -18.3. The van der Waals surface area contributed by atoms with Crippen LogP contribution in [0.3, 0.4) is 0 Å². The molecular weight excluding hydrogens is 552 g/mol. The number of hydrogen-bond donors (Lipinski definition) is 0. The van der Waals surface area contributed by atoms with E-state index < -0.39 is 55.9 Å². The van der Waals surface area contributed by atoms with Crippen molar-refractivity contribution in [1.82, 2.24) is 3.12 Å². The number of sulfonamides is 2. The van der Waals surface area contributed by atoms with Crippen LogP contribution >= 0.6 is 10.2 Å². The van der Waals surface area contributed by atoms with Crippen molar-refractivity contribution in [1.29, 1.82) is 0 Å². The fourth-order valence-corrected chi connectivity index (χ4v) is 13.0. The highest BCUT2D eigenvalue weighted by Crippen LogP contribution is 2.67. The van der Waals surface area contributed by atoms with Gasteiger partial charge in [0.05, 0.1) is 0 Å². The first-order chi connectivity index (χ1) is 16.6. The lowest BCUT2D eigenvalue weighted by Crippen LogP contribution is -2.50. The third-order valence-corrected chi connectivity index (χ3v) is 14.3. The Kier molecular flexibility index (Phi) is 7.84. The van der Waals surface area contributed by atoms with E-state index in [0.717, 1.165) is 12.1 Å². The van der Waals surface area contributed by atoms with Crippen LogP contribution in [0, 0.1) is 0 Å². The van der Waals surface area contributed by atoms with Gasteiger partial charge in [-0.3, -0.25) is 0 Å². The van der Waals surface area contributed by atoms with Gasteiger partial charge < -0.3 is 0 Å². The van der Waals surface area contributed by atoms with Gasteiger partial charge in [-0.1, -0.05) is 78.9 Å². The average Bonchev–Trinajstić information content (AvgIpc) is 2.79. The number of nitrogens with zero attached hydrogens (tertiary/aromatic N) is 1. The number of hydrogen-bond acceptors (Lipinski definition) is 4. The molecule has 5 nitrogen and oxygen atoms in total. The first kappa shape index (κ1) is 28.0. The largest absolute Gasteiger partial charge is 0.513 e. The molecular formula is C22H19F6NO4S3. The Morgan fingerprint density at radius 3 is 1.14 bits per heavy atom. The number of benzene rings is 3. The number of rotatable bonds is 8. The highest BCUT2D eigenvalue weighted by molar-refractivity contribution is 8.40. The minimum atomic E-state index is -7.06. The van der Waals surface area contributed by atoms with Crippen LogP contribution in [0.5, 0.6) is 0 Å². The standard InChI is InChI=1S/C22H19F6NO4S3/c23-21(24,25)35(30,31)29(36(32,33)22(26,27)28)34(20-14-8-3-9-15-20,16-18-10-4-1-5-11-18)17-19-12-6-2-7-13-19/h1-15H,16-17H2. The van der Waals surface area contributed by atoms with Crippen LogP contribution in [-0.4, -0.2) is 31.0 Å². The van der Waals surface area contributed by atoms with Crippen molar-refractivity contribution in [2.75, 3.05) is 0 Å². The van der Waals surface area contributed by atoms with Gasteiger partial charge in [0.2, 0.25) is 0 Å². The van der Waals surface area contributed by atoms with Gasteiger partial charge in [-0.25, -0.2) is 16.8 Å². The highest BCUT2D eigenvalue weighted by atomic mass is 32.4. The smallest absolute Gasteiger partial charge is 0.201 e. The van der Waals surface area contributed by atoms with Crippen LogP contribution < -0.4 is 0 Å². The van der Waals surface area contributed by atoms with E-state index in [0.29, 0.717) is 0 Å². The zero-order chi connectivity index (χ0) is 26.8. The molecule has 14 heteroatoms. The second-order valence-corrected chi connectivity index (χ2v) is 14.8. The molecule has 0 radical (unpaired) electrons. The Bertz CT molecular complexity index is 1290. The molecule has 0 aliphatic carbocycles. The Morgan fingerprint density at radius 1 is 0.528 bits per heavy atom. The highest BCUT2D eigenvalue weighted by Gasteiger charge is 2.66. The molecule has 0 aliphatic rings. The van der Waals surface area contributed by atoms with Crippen molar-refractivity contribution < 1.29 is 43.2 Å². The van der Waals surface area contributed by atoms with E-state index in [1.54, 1.807) is 0 Å². The molecule has 0 heterocycles. The van der Waals surface area contributed by atoms with Crippen LogP contribution in [0.2, 0.25) is 0 Å². The predicted molar refractivity (Wildman–Crippen MR) is 124 cm³/mol. The van der Waals surface area contributed by atoms with Crippen molar-refractivity contribution in [3.05, 3.63) is 102 Å². The van der Waals surface area contributed by atoms with Crippen LogP contribution in [0.25, 0.3) is 0 Å². The third kappa shape index (κ3) is 5.41. The molecule has 3 aromatic rings. The van der Waals surface area contributed by atoms with Gasteiger partial charge in [0.15, 0.2) is 0 Å². The second kappa shape index (κ2) is 10.1. The lowest BCUT2D eigenvalue weighted by atomic mass is 10.2. The molecule has 0 spiro atoms. The van der Waals surface area contributed by atoms with E-state index in [-0.39, 0.29) is 16.0 Å². The average molecular weight is 572 g/mol. The van der Waals surface area contributed by atoms with Crippen LogP contribution in [0.1, 0.15) is 11.1 Å². The molecule has 0 atom stereocenters. The summed E-state index contributed by atoms with van der Waals surface area (Å²) >= 11 is 0. The quantitative estimate of drug-likeness (QED) is 0.304. The molecule has 0 aromatic heterocycles. The molecule has 0 saturated carbocycles. The van der Waals surface area contributed by atoms with E-state index in [1.165, 1.54) is 78.9 Å². The van der Waals surface area contributed by atoms with Gasteiger partial charge >= 0.3 is 31.1 Å². The maximum atomic E-state index is 13.9. The van der Waals surface area contributed by atoms with Crippen molar-refractivity contribution in [2.45, 2.75) is 27.4 Å². The minimum Gasteiger partial charge on any atom is -0.201 e. The van der Waals surface area contributed by atoms with E-state index in [1.807, 2.05) is 0 Å². The molecule has 3 rings (SSSR count). The topological polar surface area (TPSA) is 71.5 Å². The van der Waals surface area contributed by atoms with Gasteiger partial charge in [-0.2, -0.15) is 26.3 Å². The summed E-state index contributed by atoms with van der Waals surface area (Å²) in [5.41, 5.74) is -12.4. The second-order valence-electron chi connectivity index (χ2n) is 7.48. The fraction of sp³-hybridized carbons (Fsp3) is 0.182. The molecule has 0 fully saturated rings. The van der Waals surface area contributed by atoms with Crippen LogP contribution in [-0.2, 0) is 31.6 Å². The molecule has 196 valence electrons. The minimum absolute atomic E-state index is 0.145. The van der Waals surface area contributed by atoms with E-state index in [2.05, 4.69) is 0 Å². The molecule has 0 amide bonds. The molecule has 0 unspecified atom stereocenters. The van der Waals surface area contributed by atoms with Crippen molar-refractivity contribution in [3.8, 4) is 0 Å². The molecule has 3 aromatic carbocycles. The maximum Gasteiger partial charge on any atom is 0.513 e. The summed E-state index contributed by atoms with van der Waals surface area (Å²) in [6.07, 6.45) is 0. The number of halogens is 6. The summed E-state index contributed by atoms with van der Waals surface area (Å²) < 4.78 is 133. The zero-order valence-corrected chi connectivity index (χ0v) is 20.6. The van der Waals surface area contributed by atoms with Crippen LogP contribution in [0.15, 0.2) is 95.9 Å². The lowest BCUT2D eigenvalue weighted by molar-refractivity contribution is -0.0505. The van der Waals surface area contributed by atoms with Gasteiger partial charge in [-0.15, -0.1) is 10.2 Å². The molecule has 0 aliphatic heterocycles. The van der Waals surface area contributed by atoms with Gasteiger partial charge in [-0.05, 0) is 26.4 Å². The summed E-state index contributed by atoms with van der Waals surface area (Å²) in [5.74, 6) is -1.48. The van der Waals surface area contributed by atoms with E-state index in [4.69, 9.17) is 0 Å². The summed E-state index contributed by atoms with van der Waals surface area (Å²) in [6.45, 7) is 0.